The van der Waals surface area contributed by atoms with E-state index in [2.05, 4.69) is 26.1 Å². The molecule has 10 heteroatoms. The summed E-state index contributed by atoms with van der Waals surface area (Å²) in [6.45, 7) is 6.88. The number of esters is 1. The molecule has 1 amide bonds. The lowest BCUT2D eigenvalue weighted by Gasteiger charge is -2.30. The van der Waals surface area contributed by atoms with Crippen molar-refractivity contribution in [2.75, 3.05) is 40.9 Å². The van der Waals surface area contributed by atoms with Crippen molar-refractivity contribution >= 4 is 19.7 Å². The quantitative estimate of drug-likeness (QED) is 0.0212. The van der Waals surface area contributed by atoms with Crippen molar-refractivity contribution in [3.8, 4) is 0 Å². The number of allylic oxidation sites excluding steroid dienone is 1. The molecule has 0 aliphatic heterocycles. The fourth-order valence-electron chi connectivity index (χ4n) is 9.58. The number of phosphoric acid groups is 1. The zero-order chi connectivity index (χ0) is 52.9. The lowest BCUT2D eigenvalue weighted by molar-refractivity contribution is -0.870. The first-order valence-electron chi connectivity index (χ1n) is 31.5. The first kappa shape index (κ1) is 70.8. The zero-order valence-electron chi connectivity index (χ0n) is 48.9. The monoisotopic (exact) mass is 1040 g/mol. The molecule has 0 heterocycles. The molecular formula is C62H123N2O7P. The summed E-state index contributed by atoms with van der Waals surface area (Å²) in [5.41, 5.74) is 0. The Labute approximate surface area is 448 Å². The van der Waals surface area contributed by atoms with Crippen LogP contribution in [0.1, 0.15) is 323 Å². The highest BCUT2D eigenvalue weighted by molar-refractivity contribution is 7.45. The van der Waals surface area contributed by atoms with Crippen LogP contribution in [0.25, 0.3) is 0 Å². The van der Waals surface area contributed by atoms with Gasteiger partial charge < -0.3 is 28.5 Å². The molecule has 428 valence electrons. The normalized spacial score (nSPS) is 13.7. The molecule has 3 unspecified atom stereocenters. The van der Waals surface area contributed by atoms with Gasteiger partial charge in [0.25, 0.3) is 7.82 Å². The Kier molecular flexibility index (Phi) is 52.2. The molecule has 0 radical (unpaired) electrons. The summed E-state index contributed by atoms with van der Waals surface area (Å²) in [7, 11) is 1.21. The summed E-state index contributed by atoms with van der Waals surface area (Å²) in [5, 5.41) is 3.03. The van der Waals surface area contributed by atoms with Gasteiger partial charge in [0.1, 0.15) is 19.3 Å². The maximum atomic E-state index is 13.5. The highest BCUT2D eigenvalue weighted by Gasteiger charge is 2.27. The van der Waals surface area contributed by atoms with Gasteiger partial charge in [-0.15, -0.1) is 0 Å². The predicted octanol–water partition coefficient (Wildman–Crippen LogP) is 18.5. The van der Waals surface area contributed by atoms with Gasteiger partial charge in [-0.1, -0.05) is 290 Å². The molecule has 0 aliphatic rings. The van der Waals surface area contributed by atoms with Crippen molar-refractivity contribution < 1.29 is 37.3 Å². The highest BCUT2D eigenvalue weighted by Crippen LogP contribution is 2.38. The van der Waals surface area contributed by atoms with Gasteiger partial charge >= 0.3 is 5.97 Å². The molecule has 0 fully saturated rings. The van der Waals surface area contributed by atoms with E-state index >= 15 is 0 Å². The van der Waals surface area contributed by atoms with Gasteiger partial charge in [0.15, 0.2) is 0 Å². The molecular weight excluding hydrogens is 916 g/mol. The van der Waals surface area contributed by atoms with Crippen molar-refractivity contribution in [2.24, 2.45) is 0 Å². The first-order chi connectivity index (χ1) is 34.9. The summed E-state index contributed by atoms with van der Waals surface area (Å²) >= 11 is 0. The lowest BCUT2D eigenvalue weighted by Crippen LogP contribution is -2.47. The van der Waals surface area contributed by atoms with Gasteiger partial charge in [-0.2, -0.15) is 0 Å². The zero-order valence-corrected chi connectivity index (χ0v) is 49.8. The van der Waals surface area contributed by atoms with E-state index in [0.717, 1.165) is 57.8 Å². The summed E-state index contributed by atoms with van der Waals surface area (Å²) < 4.78 is 30.3. The van der Waals surface area contributed by atoms with E-state index in [1.165, 1.54) is 231 Å². The summed E-state index contributed by atoms with van der Waals surface area (Å²) in [5.74, 6) is -0.522. The number of quaternary nitrogens is 1. The second-order valence-electron chi connectivity index (χ2n) is 22.9. The minimum absolute atomic E-state index is 0.0170. The van der Waals surface area contributed by atoms with E-state index in [0.29, 0.717) is 17.4 Å². The number of hydrogen-bond donors (Lipinski definition) is 1. The van der Waals surface area contributed by atoms with Gasteiger partial charge in [-0.25, -0.2) is 0 Å². The van der Waals surface area contributed by atoms with Gasteiger partial charge in [0, 0.05) is 12.8 Å². The molecule has 0 saturated carbocycles. The van der Waals surface area contributed by atoms with Crippen LogP contribution in [0.4, 0.5) is 0 Å². The minimum atomic E-state index is -4.69. The Balaban J connectivity index is 5.05. The van der Waals surface area contributed by atoms with Crippen LogP contribution in [0.2, 0.25) is 0 Å². The second kappa shape index (κ2) is 53.2. The van der Waals surface area contributed by atoms with Gasteiger partial charge in [0.05, 0.1) is 33.8 Å². The fraction of sp³-hybridized carbons (Fsp3) is 0.935. The van der Waals surface area contributed by atoms with E-state index in [4.69, 9.17) is 13.8 Å². The summed E-state index contributed by atoms with van der Waals surface area (Å²) in [6, 6.07) is -0.878. The molecule has 0 saturated heterocycles. The van der Waals surface area contributed by atoms with E-state index < -0.39 is 20.0 Å². The SMILES string of the molecule is CCCCCCCCCCCC/C=C\C(OC(=O)CCCCCCCCCCCCCCCCCCCCCCCCC)C(COP(=O)([O-])OCC[N+](C)(C)C)NC(=O)CCCCCCCCCCCCC. The second-order valence-corrected chi connectivity index (χ2v) is 24.3. The van der Waals surface area contributed by atoms with Crippen LogP contribution in [0.15, 0.2) is 12.2 Å². The van der Waals surface area contributed by atoms with E-state index in [9.17, 15) is 19.0 Å². The van der Waals surface area contributed by atoms with Gasteiger partial charge in [-0.05, 0) is 31.8 Å². The molecule has 1 N–H and O–H groups in total. The molecule has 9 nitrogen and oxygen atoms in total. The van der Waals surface area contributed by atoms with Crippen LogP contribution in [0, 0.1) is 0 Å². The minimum Gasteiger partial charge on any atom is -0.756 e. The topological polar surface area (TPSA) is 114 Å². The number of nitrogens with one attached hydrogen (secondary N) is 1. The van der Waals surface area contributed by atoms with Crippen LogP contribution < -0.4 is 10.2 Å². The van der Waals surface area contributed by atoms with Crippen molar-refractivity contribution in [3.05, 3.63) is 12.2 Å². The number of likely N-dealkylation sites (N-methyl/N-ethyl adjacent to an activating group) is 1. The first-order valence-corrected chi connectivity index (χ1v) is 33.0. The maximum absolute atomic E-state index is 13.5. The van der Waals surface area contributed by atoms with Crippen LogP contribution in [-0.4, -0.2) is 69.4 Å². The molecule has 72 heavy (non-hydrogen) atoms. The summed E-state index contributed by atoms with van der Waals surface area (Å²) in [6.07, 6.45) is 60.4. The number of unbranched alkanes of at least 4 members (excludes halogenated alkanes) is 42. The number of phosphoric ester groups is 1. The lowest BCUT2D eigenvalue weighted by atomic mass is 10.0. The van der Waals surface area contributed by atoms with E-state index in [1.807, 2.05) is 33.3 Å². The van der Waals surface area contributed by atoms with Crippen molar-refractivity contribution in [3.63, 3.8) is 0 Å². The van der Waals surface area contributed by atoms with Gasteiger partial charge in [-0.3, -0.25) is 14.2 Å². The molecule has 0 aromatic carbocycles. The summed E-state index contributed by atoms with van der Waals surface area (Å²) in [4.78, 5) is 39.9. The number of nitrogens with zero attached hydrogens (tertiary/aromatic N) is 1. The van der Waals surface area contributed by atoms with E-state index in [1.54, 1.807) is 0 Å². The van der Waals surface area contributed by atoms with Crippen LogP contribution in [-0.2, 0) is 27.9 Å². The Morgan fingerprint density at radius 1 is 0.472 bits per heavy atom. The maximum Gasteiger partial charge on any atom is 0.306 e. The third-order valence-corrected chi connectivity index (χ3v) is 15.4. The number of ether oxygens (including phenoxy) is 1. The molecule has 0 bridgehead atoms. The molecule has 0 aromatic heterocycles. The van der Waals surface area contributed by atoms with Crippen molar-refractivity contribution in [2.45, 2.75) is 335 Å². The Morgan fingerprint density at radius 2 is 0.792 bits per heavy atom. The van der Waals surface area contributed by atoms with Crippen LogP contribution in [0.5, 0.6) is 0 Å². The Hall–Kier alpha value is -1.25. The molecule has 0 spiro atoms. The third kappa shape index (κ3) is 53.6. The number of carbonyl (C=O) groups is 2. The van der Waals surface area contributed by atoms with Crippen molar-refractivity contribution in [1.29, 1.82) is 0 Å². The molecule has 3 atom stereocenters. The third-order valence-electron chi connectivity index (χ3n) is 14.5. The average molecular weight is 1040 g/mol. The van der Waals surface area contributed by atoms with Crippen molar-refractivity contribution in [1.82, 2.24) is 5.32 Å². The average Bonchev–Trinajstić information content (AvgIpc) is 3.34. The highest BCUT2D eigenvalue weighted by atomic mass is 31.2. The van der Waals surface area contributed by atoms with Crippen LogP contribution in [0.3, 0.4) is 0 Å². The van der Waals surface area contributed by atoms with Crippen LogP contribution >= 0.6 is 7.82 Å². The van der Waals surface area contributed by atoms with E-state index in [-0.39, 0.29) is 31.5 Å². The number of carbonyl (C=O) groups excluding carboxylic acids is 2. The largest absolute Gasteiger partial charge is 0.756 e. The molecule has 0 aromatic rings. The Morgan fingerprint density at radius 3 is 1.14 bits per heavy atom. The standard InChI is InChI=1S/C62H123N2O7P/c1-7-10-13-16-19-22-25-27-28-29-30-31-32-33-34-35-36-37-40-43-46-49-52-55-62(66)71-60(53-50-47-44-41-39-26-23-20-17-14-11-8-2)59(58-70-72(67,68)69-57-56-64(4,5)6)63-61(65)54-51-48-45-42-38-24-21-18-15-12-9-3/h50,53,59-60H,7-49,51-52,54-58H2,1-6H3,(H-,63,65,67,68)/b53-50-. The number of rotatable bonds is 58. The number of hydrogen-bond acceptors (Lipinski definition) is 7. The fourth-order valence-corrected chi connectivity index (χ4v) is 10.3. The number of amides is 1. The smallest absolute Gasteiger partial charge is 0.306 e. The molecule has 0 aliphatic carbocycles. The predicted molar refractivity (Wildman–Crippen MR) is 307 cm³/mol. The van der Waals surface area contributed by atoms with Gasteiger partial charge in [0.2, 0.25) is 5.91 Å². The molecule has 0 rings (SSSR count). The Bertz CT molecular complexity index is 1240.